The van der Waals surface area contributed by atoms with Gasteiger partial charge >= 0.3 is 5.97 Å². The SMILES string of the molecule is CN1CC[C@@H](O)[C@@H](C(=O)O)C1.O. The van der Waals surface area contributed by atoms with Crippen LogP contribution in [0, 0.1) is 5.92 Å². The van der Waals surface area contributed by atoms with Crippen molar-refractivity contribution in [1.82, 2.24) is 4.90 Å². The molecule has 0 amide bonds. The highest BCUT2D eigenvalue weighted by atomic mass is 16.4. The maximum absolute atomic E-state index is 10.5. The Morgan fingerprint density at radius 2 is 2.17 bits per heavy atom. The van der Waals surface area contributed by atoms with Gasteiger partial charge in [-0.1, -0.05) is 0 Å². The second-order valence-corrected chi connectivity index (χ2v) is 3.06. The van der Waals surface area contributed by atoms with Gasteiger partial charge in [0.15, 0.2) is 0 Å². The molecule has 0 saturated carbocycles. The van der Waals surface area contributed by atoms with E-state index < -0.39 is 18.0 Å². The molecular formula is C7H15NO4. The van der Waals surface area contributed by atoms with Crippen molar-refractivity contribution in [1.29, 1.82) is 0 Å². The lowest BCUT2D eigenvalue weighted by molar-refractivity contribution is -0.148. The Hall–Kier alpha value is -0.650. The van der Waals surface area contributed by atoms with Gasteiger partial charge in [-0.25, -0.2) is 0 Å². The van der Waals surface area contributed by atoms with Gasteiger partial charge in [0.25, 0.3) is 0 Å². The molecule has 0 aromatic carbocycles. The lowest BCUT2D eigenvalue weighted by Gasteiger charge is -2.31. The van der Waals surface area contributed by atoms with Crippen molar-refractivity contribution >= 4 is 5.97 Å². The Labute approximate surface area is 70.9 Å². The number of nitrogens with zero attached hydrogens (tertiary/aromatic N) is 1. The van der Waals surface area contributed by atoms with Crippen LogP contribution in [0.5, 0.6) is 0 Å². The van der Waals surface area contributed by atoms with Gasteiger partial charge in [-0.05, 0) is 13.5 Å². The molecule has 12 heavy (non-hydrogen) atoms. The fourth-order valence-electron chi connectivity index (χ4n) is 1.35. The molecule has 5 heteroatoms. The average Bonchev–Trinajstić information content (AvgIpc) is 1.94. The minimum atomic E-state index is -0.899. The molecule has 0 radical (unpaired) electrons. The molecule has 1 heterocycles. The number of piperidine rings is 1. The minimum absolute atomic E-state index is 0. The minimum Gasteiger partial charge on any atom is -0.481 e. The maximum atomic E-state index is 10.5. The largest absolute Gasteiger partial charge is 0.481 e. The molecule has 1 aliphatic heterocycles. The smallest absolute Gasteiger partial charge is 0.310 e. The van der Waals surface area contributed by atoms with E-state index in [1.165, 1.54) is 0 Å². The number of hydrogen-bond acceptors (Lipinski definition) is 3. The van der Waals surface area contributed by atoms with Gasteiger partial charge in [0.1, 0.15) is 0 Å². The monoisotopic (exact) mass is 177 g/mol. The lowest BCUT2D eigenvalue weighted by atomic mass is 9.95. The summed E-state index contributed by atoms with van der Waals surface area (Å²) in [7, 11) is 1.86. The molecule has 1 aliphatic rings. The Balaban J connectivity index is 0.00000121. The van der Waals surface area contributed by atoms with Gasteiger partial charge < -0.3 is 20.6 Å². The number of likely N-dealkylation sites (tertiary alicyclic amines) is 1. The molecule has 5 nitrogen and oxygen atoms in total. The van der Waals surface area contributed by atoms with Crippen LogP contribution in [0.3, 0.4) is 0 Å². The summed E-state index contributed by atoms with van der Waals surface area (Å²) in [6.45, 7) is 1.24. The van der Waals surface area contributed by atoms with E-state index in [4.69, 9.17) is 5.11 Å². The number of hydrogen-bond donors (Lipinski definition) is 2. The Bertz CT molecular complexity index is 161. The fourth-order valence-corrected chi connectivity index (χ4v) is 1.35. The van der Waals surface area contributed by atoms with Gasteiger partial charge in [-0.2, -0.15) is 0 Å². The number of rotatable bonds is 1. The Morgan fingerprint density at radius 1 is 1.58 bits per heavy atom. The van der Waals surface area contributed by atoms with Crippen LogP contribution < -0.4 is 0 Å². The molecule has 0 aliphatic carbocycles. The predicted octanol–water partition coefficient (Wildman–Crippen LogP) is -1.44. The number of carbonyl (C=O) groups is 1. The summed E-state index contributed by atoms with van der Waals surface area (Å²) in [5, 5.41) is 17.9. The third kappa shape index (κ3) is 2.44. The highest BCUT2D eigenvalue weighted by Crippen LogP contribution is 2.15. The highest BCUT2D eigenvalue weighted by molar-refractivity contribution is 5.71. The molecular weight excluding hydrogens is 162 g/mol. The predicted molar refractivity (Wildman–Crippen MR) is 42.9 cm³/mol. The van der Waals surface area contributed by atoms with Crippen molar-refractivity contribution in [2.24, 2.45) is 5.92 Å². The highest BCUT2D eigenvalue weighted by Gasteiger charge is 2.31. The van der Waals surface area contributed by atoms with Crippen molar-refractivity contribution in [3.05, 3.63) is 0 Å². The van der Waals surface area contributed by atoms with E-state index in [0.29, 0.717) is 13.0 Å². The van der Waals surface area contributed by atoms with Gasteiger partial charge in [0, 0.05) is 13.1 Å². The average molecular weight is 177 g/mol. The van der Waals surface area contributed by atoms with E-state index in [9.17, 15) is 9.90 Å². The molecule has 2 atom stereocenters. The van der Waals surface area contributed by atoms with Gasteiger partial charge in [-0.3, -0.25) is 4.79 Å². The van der Waals surface area contributed by atoms with E-state index in [1.54, 1.807) is 0 Å². The van der Waals surface area contributed by atoms with Crippen LogP contribution in [0.25, 0.3) is 0 Å². The van der Waals surface area contributed by atoms with Crippen LogP contribution in [-0.2, 0) is 4.79 Å². The number of aliphatic hydroxyl groups is 1. The van der Waals surface area contributed by atoms with E-state index >= 15 is 0 Å². The maximum Gasteiger partial charge on any atom is 0.310 e. The second-order valence-electron chi connectivity index (χ2n) is 3.06. The summed E-state index contributed by atoms with van der Waals surface area (Å²) in [5.41, 5.74) is 0. The zero-order valence-electron chi connectivity index (χ0n) is 7.03. The van der Waals surface area contributed by atoms with E-state index in [2.05, 4.69) is 0 Å². The summed E-state index contributed by atoms with van der Waals surface area (Å²) in [6.07, 6.45) is -0.100. The zero-order valence-corrected chi connectivity index (χ0v) is 7.03. The van der Waals surface area contributed by atoms with Crippen molar-refractivity contribution in [3.63, 3.8) is 0 Å². The molecule has 0 spiro atoms. The topological polar surface area (TPSA) is 92.3 Å². The van der Waals surface area contributed by atoms with Crippen LogP contribution >= 0.6 is 0 Å². The van der Waals surface area contributed by atoms with E-state index in [0.717, 1.165) is 6.54 Å². The number of carboxylic acids is 1. The third-order valence-corrected chi connectivity index (χ3v) is 2.10. The van der Waals surface area contributed by atoms with Crippen LogP contribution in [0.15, 0.2) is 0 Å². The number of aliphatic hydroxyl groups excluding tert-OH is 1. The van der Waals surface area contributed by atoms with Gasteiger partial charge in [0.2, 0.25) is 0 Å². The molecule has 72 valence electrons. The first-order valence-corrected chi connectivity index (χ1v) is 3.70. The van der Waals surface area contributed by atoms with Crippen molar-refractivity contribution < 1.29 is 20.5 Å². The van der Waals surface area contributed by atoms with Crippen molar-refractivity contribution in [2.75, 3.05) is 20.1 Å². The summed E-state index contributed by atoms with van der Waals surface area (Å²) in [4.78, 5) is 12.4. The quantitative estimate of drug-likeness (QED) is 0.513. The van der Waals surface area contributed by atoms with Crippen molar-refractivity contribution in [3.8, 4) is 0 Å². The number of aliphatic carboxylic acids is 1. The lowest BCUT2D eigenvalue weighted by Crippen LogP contribution is -2.44. The van der Waals surface area contributed by atoms with Crippen LogP contribution in [0.2, 0.25) is 0 Å². The molecule has 0 bridgehead atoms. The molecule has 1 saturated heterocycles. The molecule has 0 aromatic heterocycles. The van der Waals surface area contributed by atoms with E-state index in [-0.39, 0.29) is 5.48 Å². The van der Waals surface area contributed by atoms with Crippen molar-refractivity contribution in [2.45, 2.75) is 12.5 Å². The summed E-state index contributed by atoms with van der Waals surface area (Å²) >= 11 is 0. The first-order chi connectivity index (χ1) is 5.11. The van der Waals surface area contributed by atoms with Crippen LogP contribution in [-0.4, -0.2) is 52.8 Å². The Morgan fingerprint density at radius 3 is 2.58 bits per heavy atom. The van der Waals surface area contributed by atoms with Gasteiger partial charge in [-0.15, -0.1) is 0 Å². The zero-order chi connectivity index (χ0) is 8.43. The summed E-state index contributed by atoms with van der Waals surface area (Å²) in [6, 6.07) is 0. The van der Waals surface area contributed by atoms with Gasteiger partial charge in [0.05, 0.1) is 12.0 Å². The van der Waals surface area contributed by atoms with Crippen LogP contribution in [0.1, 0.15) is 6.42 Å². The third-order valence-electron chi connectivity index (χ3n) is 2.10. The summed E-state index contributed by atoms with van der Waals surface area (Å²) in [5.74, 6) is -1.50. The standard InChI is InChI=1S/C7H13NO3.H2O/c1-8-3-2-6(9)5(4-8)7(10)11;/h5-6,9H,2-4H2,1H3,(H,10,11);1H2/t5-,6+;/m0./s1. The summed E-state index contributed by atoms with van der Waals surface area (Å²) < 4.78 is 0. The number of carboxylic acid groups (broad SMARTS) is 1. The molecule has 0 aromatic rings. The molecule has 1 rings (SSSR count). The molecule has 4 N–H and O–H groups in total. The normalized spacial score (nSPS) is 30.8. The van der Waals surface area contributed by atoms with Crippen LogP contribution in [0.4, 0.5) is 0 Å². The molecule has 1 fully saturated rings. The first kappa shape index (κ1) is 11.4. The van der Waals surface area contributed by atoms with E-state index in [1.807, 2.05) is 11.9 Å². The fraction of sp³-hybridized carbons (Fsp3) is 0.857. The second kappa shape index (κ2) is 4.39. The first-order valence-electron chi connectivity index (χ1n) is 3.70. The Kier molecular flexibility index (Phi) is 4.16. The molecule has 0 unspecified atom stereocenters.